The molecule has 30 heavy (non-hydrogen) atoms. The lowest BCUT2D eigenvalue weighted by Gasteiger charge is -2.09. The minimum atomic E-state index is -0.643. The number of fused-ring (bicyclic) bond motifs is 1. The predicted molar refractivity (Wildman–Crippen MR) is 110 cm³/mol. The van der Waals surface area contributed by atoms with Crippen LogP contribution in [0.15, 0.2) is 30.3 Å². The number of amides is 2. The van der Waals surface area contributed by atoms with Gasteiger partial charge in [0.25, 0.3) is 5.91 Å². The van der Waals surface area contributed by atoms with Crippen LogP contribution in [0.25, 0.3) is 11.2 Å². The molecule has 1 fully saturated rings. The number of aromatic nitrogens is 4. The van der Waals surface area contributed by atoms with Crippen LogP contribution in [-0.2, 0) is 6.54 Å². The third-order valence-corrected chi connectivity index (χ3v) is 4.73. The molecule has 1 aromatic carbocycles. The van der Waals surface area contributed by atoms with Gasteiger partial charge in [-0.15, -0.1) is 0 Å². The second-order valence-electron chi connectivity index (χ2n) is 7.14. The summed E-state index contributed by atoms with van der Waals surface area (Å²) in [7, 11) is 0. The van der Waals surface area contributed by atoms with Gasteiger partial charge in [0, 0.05) is 13.1 Å². The second kappa shape index (κ2) is 8.36. The third-order valence-electron chi connectivity index (χ3n) is 4.73. The van der Waals surface area contributed by atoms with Gasteiger partial charge in [-0.3, -0.25) is 9.36 Å². The fourth-order valence-electron chi connectivity index (χ4n) is 2.99. The average molecular weight is 409 g/mol. The molecule has 2 heterocycles. The molecule has 4 rings (SSSR count). The smallest absolute Gasteiger partial charge is 0.382 e. The van der Waals surface area contributed by atoms with E-state index in [1.54, 1.807) is 11.5 Å². The zero-order chi connectivity index (χ0) is 21.1. The first-order valence-corrected chi connectivity index (χ1v) is 9.86. The molecule has 2 amide bonds. The standard InChI is InChI=1S/C20H23N7O3/c1-2-22-20(29)30-19-24-14-15(21)25-16(18(28)23-10-12-8-9-12)26-17(14)27(19)11-13-6-4-3-5-7-13/h3-7,12H,2,8-11H2,1H3,(H,22,29)(H,23,28)(H2,21,25,26). The summed E-state index contributed by atoms with van der Waals surface area (Å²) in [5.41, 5.74) is 7.59. The first-order chi connectivity index (χ1) is 14.5. The summed E-state index contributed by atoms with van der Waals surface area (Å²) in [4.78, 5) is 37.3. The van der Waals surface area contributed by atoms with Gasteiger partial charge in [0.15, 0.2) is 17.0 Å². The third kappa shape index (κ3) is 4.32. The van der Waals surface area contributed by atoms with Gasteiger partial charge in [0.05, 0.1) is 6.54 Å². The Morgan fingerprint density at radius 1 is 1.17 bits per heavy atom. The minimum absolute atomic E-state index is 0.0244. The van der Waals surface area contributed by atoms with Crippen LogP contribution in [-0.4, -0.2) is 44.6 Å². The summed E-state index contributed by atoms with van der Waals surface area (Å²) in [6.45, 7) is 3.11. The van der Waals surface area contributed by atoms with E-state index >= 15 is 0 Å². The number of nitrogens with two attached hydrogens (primary N) is 1. The lowest BCUT2D eigenvalue weighted by atomic mass is 10.2. The molecule has 0 saturated heterocycles. The molecule has 3 aromatic rings. The number of anilines is 1. The van der Waals surface area contributed by atoms with E-state index in [1.807, 2.05) is 30.3 Å². The van der Waals surface area contributed by atoms with Crippen LogP contribution in [0.2, 0.25) is 0 Å². The molecule has 0 radical (unpaired) electrons. The molecule has 4 N–H and O–H groups in total. The van der Waals surface area contributed by atoms with Crippen LogP contribution >= 0.6 is 0 Å². The molecular weight excluding hydrogens is 386 g/mol. The van der Waals surface area contributed by atoms with Gasteiger partial charge in [-0.1, -0.05) is 30.3 Å². The maximum Gasteiger partial charge on any atom is 0.415 e. The molecule has 1 saturated carbocycles. The number of nitrogens with one attached hydrogen (secondary N) is 2. The monoisotopic (exact) mass is 409 g/mol. The number of hydrogen-bond acceptors (Lipinski definition) is 7. The van der Waals surface area contributed by atoms with E-state index in [-0.39, 0.29) is 23.2 Å². The number of carbonyl (C=O) groups excluding carboxylic acids is 2. The molecule has 1 aliphatic rings. The van der Waals surface area contributed by atoms with Crippen LogP contribution in [0, 0.1) is 5.92 Å². The Bertz CT molecular complexity index is 1080. The van der Waals surface area contributed by atoms with Gasteiger partial charge < -0.3 is 21.1 Å². The Hall–Kier alpha value is -3.69. The van der Waals surface area contributed by atoms with Crippen LogP contribution in [0.3, 0.4) is 0 Å². The first kappa shape index (κ1) is 19.6. The minimum Gasteiger partial charge on any atom is -0.382 e. The van der Waals surface area contributed by atoms with E-state index in [0.29, 0.717) is 31.2 Å². The Balaban J connectivity index is 1.73. The van der Waals surface area contributed by atoms with Crippen molar-refractivity contribution in [3.05, 3.63) is 41.7 Å². The van der Waals surface area contributed by atoms with E-state index in [1.165, 1.54) is 0 Å². The second-order valence-corrected chi connectivity index (χ2v) is 7.14. The van der Waals surface area contributed by atoms with Gasteiger partial charge >= 0.3 is 12.1 Å². The van der Waals surface area contributed by atoms with E-state index in [4.69, 9.17) is 10.5 Å². The summed E-state index contributed by atoms with van der Waals surface area (Å²) >= 11 is 0. The molecule has 0 atom stereocenters. The van der Waals surface area contributed by atoms with Crippen LogP contribution in [0.4, 0.5) is 10.6 Å². The molecule has 0 unspecified atom stereocenters. The number of benzene rings is 1. The number of imidazole rings is 1. The highest BCUT2D eigenvalue weighted by atomic mass is 16.6. The van der Waals surface area contributed by atoms with Crippen molar-refractivity contribution in [3.8, 4) is 6.01 Å². The topological polar surface area (TPSA) is 137 Å². The molecule has 0 bridgehead atoms. The predicted octanol–water partition coefficient (Wildman–Crippen LogP) is 1.70. The Kier molecular flexibility index (Phi) is 5.46. The van der Waals surface area contributed by atoms with Crippen LogP contribution < -0.4 is 21.1 Å². The number of ether oxygens (including phenoxy) is 1. The Morgan fingerprint density at radius 3 is 2.63 bits per heavy atom. The van der Waals surface area contributed by atoms with Crippen molar-refractivity contribution in [2.24, 2.45) is 5.92 Å². The maximum atomic E-state index is 12.5. The fourth-order valence-corrected chi connectivity index (χ4v) is 2.99. The van der Waals surface area contributed by atoms with E-state index in [0.717, 1.165) is 18.4 Å². The molecule has 0 aliphatic heterocycles. The van der Waals surface area contributed by atoms with Gasteiger partial charge in [-0.05, 0) is 31.2 Å². The maximum absolute atomic E-state index is 12.5. The van der Waals surface area contributed by atoms with Crippen molar-refractivity contribution in [1.82, 2.24) is 30.2 Å². The number of nitrogen functional groups attached to an aromatic ring is 1. The largest absolute Gasteiger partial charge is 0.415 e. The van der Waals surface area contributed by atoms with Crippen molar-refractivity contribution in [3.63, 3.8) is 0 Å². The number of rotatable bonds is 7. The summed E-state index contributed by atoms with van der Waals surface area (Å²) < 4.78 is 6.97. The normalized spacial score (nSPS) is 13.2. The molecule has 1 aliphatic carbocycles. The van der Waals surface area contributed by atoms with Gasteiger partial charge in [-0.25, -0.2) is 14.8 Å². The molecule has 10 heteroatoms. The van der Waals surface area contributed by atoms with Gasteiger partial charge in [0.2, 0.25) is 5.82 Å². The molecular formula is C20H23N7O3. The Morgan fingerprint density at radius 2 is 1.93 bits per heavy atom. The van der Waals surface area contributed by atoms with Crippen molar-refractivity contribution >= 4 is 29.0 Å². The van der Waals surface area contributed by atoms with Crippen LogP contribution in [0.1, 0.15) is 35.9 Å². The van der Waals surface area contributed by atoms with Crippen molar-refractivity contribution < 1.29 is 14.3 Å². The fraction of sp³-hybridized carbons (Fsp3) is 0.350. The van der Waals surface area contributed by atoms with Crippen molar-refractivity contribution in [2.75, 3.05) is 18.8 Å². The van der Waals surface area contributed by atoms with Gasteiger partial charge in [-0.2, -0.15) is 4.98 Å². The van der Waals surface area contributed by atoms with E-state index in [2.05, 4.69) is 25.6 Å². The number of nitrogens with zero attached hydrogens (tertiary/aromatic N) is 4. The lowest BCUT2D eigenvalue weighted by Crippen LogP contribution is -2.28. The number of hydrogen-bond donors (Lipinski definition) is 3. The average Bonchev–Trinajstić information content (AvgIpc) is 3.51. The molecule has 10 nitrogen and oxygen atoms in total. The van der Waals surface area contributed by atoms with Gasteiger partial charge in [0.1, 0.15) is 0 Å². The molecule has 156 valence electrons. The van der Waals surface area contributed by atoms with E-state index < -0.39 is 12.0 Å². The Labute approximate surface area is 172 Å². The highest BCUT2D eigenvalue weighted by Gasteiger charge is 2.25. The molecule has 0 spiro atoms. The zero-order valence-electron chi connectivity index (χ0n) is 16.6. The lowest BCUT2D eigenvalue weighted by molar-refractivity contribution is 0.0941. The summed E-state index contributed by atoms with van der Waals surface area (Å²) in [5.74, 6) is 0.133. The highest BCUT2D eigenvalue weighted by molar-refractivity contribution is 5.94. The summed E-state index contributed by atoms with van der Waals surface area (Å²) in [6, 6.07) is 9.59. The summed E-state index contributed by atoms with van der Waals surface area (Å²) in [5, 5.41) is 5.39. The first-order valence-electron chi connectivity index (χ1n) is 9.86. The molecule has 2 aromatic heterocycles. The summed E-state index contributed by atoms with van der Waals surface area (Å²) in [6.07, 6.45) is 1.59. The quantitative estimate of drug-likeness (QED) is 0.540. The highest BCUT2D eigenvalue weighted by Crippen LogP contribution is 2.28. The van der Waals surface area contributed by atoms with E-state index in [9.17, 15) is 9.59 Å². The zero-order valence-corrected chi connectivity index (χ0v) is 16.6. The van der Waals surface area contributed by atoms with Crippen LogP contribution in [0.5, 0.6) is 6.01 Å². The van der Waals surface area contributed by atoms with Crippen molar-refractivity contribution in [1.29, 1.82) is 0 Å². The SMILES string of the molecule is CCNC(=O)Oc1nc2c(N)nc(C(=O)NCC3CC3)nc2n1Cc1ccccc1. The number of carbonyl (C=O) groups is 2. The van der Waals surface area contributed by atoms with Crippen molar-refractivity contribution in [2.45, 2.75) is 26.3 Å².